The van der Waals surface area contributed by atoms with E-state index < -0.39 is 12.0 Å². The smallest absolute Gasteiger partial charge is 0.326 e. The van der Waals surface area contributed by atoms with Gasteiger partial charge in [0.05, 0.1) is 0 Å². The molecule has 0 aliphatic carbocycles. The van der Waals surface area contributed by atoms with Gasteiger partial charge in [0.1, 0.15) is 6.04 Å². The summed E-state index contributed by atoms with van der Waals surface area (Å²) in [6.45, 7) is 6.08. The third-order valence-corrected chi connectivity index (χ3v) is 5.80. The lowest BCUT2D eigenvalue weighted by molar-refractivity contribution is -0.143. The van der Waals surface area contributed by atoms with E-state index in [2.05, 4.69) is 12.2 Å². The zero-order valence-electron chi connectivity index (χ0n) is 18.9. The molecule has 0 aliphatic heterocycles. The minimum Gasteiger partial charge on any atom is -0.480 e. The van der Waals surface area contributed by atoms with Crippen LogP contribution in [0.5, 0.6) is 0 Å². The Morgan fingerprint density at radius 3 is 1.46 bits per heavy atom. The average Bonchev–Trinajstić information content (AvgIpc) is 2.68. The summed E-state index contributed by atoms with van der Waals surface area (Å²) in [5, 5.41) is 11.9. The summed E-state index contributed by atoms with van der Waals surface area (Å²) in [4.78, 5) is 23.2. The van der Waals surface area contributed by atoms with E-state index >= 15 is 0 Å². The molecule has 0 spiro atoms. The highest BCUT2D eigenvalue weighted by molar-refractivity contribution is 5.83. The molecule has 166 valence electrons. The van der Waals surface area contributed by atoms with Gasteiger partial charge < -0.3 is 10.4 Å². The van der Waals surface area contributed by atoms with Crippen molar-refractivity contribution in [2.24, 2.45) is 5.92 Å². The van der Waals surface area contributed by atoms with Gasteiger partial charge in [0.15, 0.2) is 0 Å². The number of aliphatic carboxylic acids is 1. The fraction of sp³-hybridized carbons (Fsp3) is 0.917. The molecule has 2 N–H and O–H groups in total. The van der Waals surface area contributed by atoms with Crippen LogP contribution < -0.4 is 5.32 Å². The highest BCUT2D eigenvalue weighted by Crippen LogP contribution is 2.14. The second kappa shape index (κ2) is 19.3. The molecule has 1 unspecified atom stereocenters. The number of hydrogen-bond donors (Lipinski definition) is 2. The third-order valence-electron chi connectivity index (χ3n) is 5.80. The predicted molar refractivity (Wildman–Crippen MR) is 119 cm³/mol. The molecule has 0 aromatic carbocycles. The van der Waals surface area contributed by atoms with Crippen molar-refractivity contribution < 1.29 is 14.7 Å². The average molecular weight is 398 g/mol. The van der Waals surface area contributed by atoms with Crippen LogP contribution in [0.1, 0.15) is 130 Å². The van der Waals surface area contributed by atoms with Gasteiger partial charge in [-0.2, -0.15) is 0 Å². The number of amides is 1. The van der Waals surface area contributed by atoms with Crippen LogP contribution in [-0.2, 0) is 9.59 Å². The largest absolute Gasteiger partial charge is 0.480 e. The summed E-state index contributed by atoms with van der Waals surface area (Å²) in [5.41, 5.74) is 0. The molecular weight excluding hydrogens is 350 g/mol. The molecule has 0 saturated carbocycles. The first-order valence-corrected chi connectivity index (χ1v) is 12.0. The molecular formula is C24H47NO3. The van der Waals surface area contributed by atoms with Crippen LogP contribution in [0.15, 0.2) is 0 Å². The molecule has 0 aliphatic rings. The summed E-state index contributed by atoms with van der Waals surface area (Å²) in [6, 6.07) is -0.756. The van der Waals surface area contributed by atoms with E-state index in [0.29, 0.717) is 6.42 Å². The first kappa shape index (κ1) is 26.9. The minimum absolute atomic E-state index is 0.0393. The van der Waals surface area contributed by atoms with E-state index in [-0.39, 0.29) is 11.8 Å². The Balaban J connectivity index is 3.43. The van der Waals surface area contributed by atoms with E-state index in [1.54, 1.807) is 0 Å². The number of nitrogens with one attached hydrogen (secondary N) is 1. The van der Waals surface area contributed by atoms with Gasteiger partial charge in [-0.25, -0.2) is 4.79 Å². The van der Waals surface area contributed by atoms with Gasteiger partial charge in [-0.1, -0.05) is 117 Å². The van der Waals surface area contributed by atoms with Crippen molar-refractivity contribution in [3.8, 4) is 0 Å². The number of hydrogen-bond acceptors (Lipinski definition) is 2. The Bertz CT molecular complexity index is 384. The molecule has 4 heteroatoms. The number of carboxylic acids is 1. The lowest BCUT2D eigenvalue weighted by Crippen LogP contribution is -2.44. The van der Waals surface area contributed by atoms with Crippen molar-refractivity contribution in [3.05, 3.63) is 0 Å². The molecule has 28 heavy (non-hydrogen) atoms. The van der Waals surface area contributed by atoms with Gasteiger partial charge >= 0.3 is 5.97 Å². The van der Waals surface area contributed by atoms with Crippen LogP contribution >= 0.6 is 0 Å². The SMILES string of the molecule is CCCCCCCCCCCCCCCCCC(=O)N[C@H](C(=O)O)C(C)CC. The summed E-state index contributed by atoms with van der Waals surface area (Å²) in [5.74, 6) is -1.09. The molecule has 0 bridgehead atoms. The van der Waals surface area contributed by atoms with Crippen molar-refractivity contribution in [1.82, 2.24) is 5.32 Å². The Morgan fingerprint density at radius 1 is 0.714 bits per heavy atom. The van der Waals surface area contributed by atoms with E-state index in [1.165, 1.54) is 83.5 Å². The van der Waals surface area contributed by atoms with Crippen LogP contribution in [0.25, 0.3) is 0 Å². The maximum atomic E-state index is 11.9. The second-order valence-corrected chi connectivity index (χ2v) is 8.47. The molecule has 2 atom stereocenters. The highest BCUT2D eigenvalue weighted by atomic mass is 16.4. The molecule has 4 nitrogen and oxygen atoms in total. The Labute approximate surface area is 174 Å². The number of unbranched alkanes of at least 4 members (excludes halogenated alkanes) is 14. The van der Waals surface area contributed by atoms with Gasteiger partial charge in [0.2, 0.25) is 5.91 Å². The molecule has 0 heterocycles. The standard InChI is InChI=1S/C24H47NO3/c1-4-6-7-8-9-10-11-12-13-14-15-16-17-18-19-20-22(26)25-23(24(27)28)21(3)5-2/h21,23H,4-20H2,1-3H3,(H,25,26)(H,27,28)/t21?,23-/m0/s1. The summed E-state index contributed by atoms with van der Waals surface area (Å²) in [6.07, 6.45) is 20.7. The maximum Gasteiger partial charge on any atom is 0.326 e. The number of carboxylic acid groups (broad SMARTS) is 1. The van der Waals surface area contributed by atoms with E-state index in [0.717, 1.165) is 19.3 Å². The first-order valence-electron chi connectivity index (χ1n) is 12.0. The lowest BCUT2D eigenvalue weighted by atomic mass is 9.99. The molecule has 0 saturated heterocycles. The first-order chi connectivity index (χ1) is 13.5. The molecule has 0 fully saturated rings. The van der Waals surface area contributed by atoms with Crippen molar-refractivity contribution in [2.45, 2.75) is 136 Å². The molecule has 1 amide bonds. The van der Waals surface area contributed by atoms with Gasteiger partial charge in [-0.3, -0.25) is 4.79 Å². The van der Waals surface area contributed by atoms with Crippen LogP contribution in [0, 0.1) is 5.92 Å². The van der Waals surface area contributed by atoms with Crippen molar-refractivity contribution in [2.75, 3.05) is 0 Å². The predicted octanol–water partition coefficient (Wildman–Crippen LogP) is 6.86. The number of rotatable bonds is 20. The van der Waals surface area contributed by atoms with Crippen LogP contribution in [-0.4, -0.2) is 23.0 Å². The zero-order chi connectivity index (χ0) is 21.0. The minimum atomic E-state index is -0.931. The summed E-state index contributed by atoms with van der Waals surface area (Å²) in [7, 11) is 0. The monoisotopic (exact) mass is 397 g/mol. The van der Waals surface area contributed by atoms with Crippen LogP contribution in [0.3, 0.4) is 0 Å². The Hall–Kier alpha value is -1.06. The quantitative estimate of drug-likeness (QED) is 0.220. The maximum absolute atomic E-state index is 11.9. The van der Waals surface area contributed by atoms with Gasteiger partial charge in [0.25, 0.3) is 0 Å². The highest BCUT2D eigenvalue weighted by Gasteiger charge is 2.24. The van der Waals surface area contributed by atoms with Gasteiger partial charge in [-0.15, -0.1) is 0 Å². The lowest BCUT2D eigenvalue weighted by Gasteiger charge is -2.20. The third kappa shape index (κ3) is 15.9. The van der Waals surface area contributed by atoms with Gasteiger partial charge in [-0.05, 0) is 12.3 Å². The Kier molecular flexibility index (Phi) is 18.5. The zero-order valence-corrected chi connectivity index (χ0v) is 18.9. The normalized spacial score (nSPS) is 13.2. The molecule has 0 radical (unpaired) electrons. The fourth-order valence-corrected chi connectivity index (χ4v) is 3.59. The summed E-state index contributed by atoms with van der Waals surface area (Å²) >= 11 is 0. The van der Waals surface area contributed by atoms with Crippen molar-refractivity contribution >= 4 is 11.9 Å². The molecule has 0 aromatic heterocycles. The van der Waals surface area contributed by atoms with Crippen LogP contribution in [0.2, 0.25) is 0 Å². The van der Waals surface area contributed by atoms with E-state index in [9.17, 15) is 14.7 Å². The second-order valence-electron chi connectivity index (χ2n) is 8.47. The Morgan fingerprint density at radius 2 is 1.11 bits per heavy atom. The fourth-order valence-electron chi connectivity index (χ4n) is 3.59. The van der Waals surface area contributed by atoms with Gasteiger partial charge in [0, 0.05) is 6.42 Å². The number of carbonyl (C=O) groups is 2. The van der Waals surface area contributed by atoms with Crippen molar-refractivity contribution in [1.29, 1.82) is 0 Å². The molecule has 0 aromatic rings. The molecule has 0 rings (SSSR count). The van der Waals surface area contributed by atoms with Crippen LogP contribution in [0.4, 0.5) is 0 Å². The summed E-state index contributed by atoms with van der Waals surface area (Å²) < 4.78 is 0. The van der Waals surface area contributed by atoms with Crippen molar-refractivity contribution in [3.63, 3.8) is 0 Å². The van der Waals surface area contributed by atoms with E-state index in [1.807, 2.05) is 13.8 Å². The topological polar surface area (TPSA) is 66.4 Å². The van der Waals surface area contributed by atoms with E-state index in [4.69, 9.17) is 0 Å². The number of carbonyl (C=O) groups excluding carboxylic acids is 1.